The third-order valence-electron chi connectivity index (χ3n) is 15.1. The first-order chi connectivity index (χ1) is 40.0. The molecule has 0 aromatic carbocycles. The summed E-state index contributed by atoms with van der Waals surface area (Å²) in [4.78, 5) is 38.4. The average Bonchev–Trinajstić information content (AvgIpc) is 3.47. The standard InChI is InChI=1S/C75H130O6/c1-4-7-10-13-16-19-22-25-28-30-32-33-34-35-36-37-38-39-40-41-42-43-44-46-47-50-53-56-59-62-65-68-74(77)80-71-72(70-79-73(76)67-64-61-58-55-52-49-27-24-21-18-15-12-9-6-3)81-75(78)69-66-63-60-57-54-51-48-45-31-29-26-23-20-17-14-11-8-5-2/h7,10,16,19,25,28-29,31-33,35-36,38-39,41-42,72H,4-6,8-9,11-15,17-18,20-24,26-27,30,34,37,40,43-71H2,1-3H3/b10-7-,19-16-,28-25-,31-29-,33-32-,36-35-,39-38-,42-41-. The number of ether oxygens (including phenoxy) is 3. The van der Waals surface area contributed by atoms with Crippen molar-refractivity contribution in [2.24, 2.45) is 0 Å². The maximum atomic E-state index is 12.9. The van der Waals surface area contributed by atoms with Crippen molar-refractivity contribution < 1.29 is 28.6 Å². The fraction of sp³-hybridized carbons (Fsp3) is 0.747. The predicted molar refractivity (Wildman–Crippen MR) is 353 cm³/mol. The Hall–Kier alpha value is -3.67. The molecular formula is C75H130O6. The van der Waals surface area contributed by atoms with Gasteiger partial charge in [-0.1, -0.05) is 317 Å². The van der Waals surface area contributed by atoms with Crippen molar-refractivity contribution in [3.8, 4) is 0 Å². The Labute approximate surface area is 502 Å². The van der Waals surface area contributed by atoms with Gasteiger partial charge in [-0.05, 0) is 103 Å². The molecule has 6 heteroatoms. The second-order valence-electron chi connectivity index (χ2n) is 23.1. The SMILES string of the molecule is CC/C=C\C/C=C\C/C=C\C/C=C\C/C=C\C/C=C\C/C=C\CCCCCCCCCCCC(=O)OCC(COC(=O)CCCCCCCCCCCCCCCC)OC(=O)CCCCCCCCC/C=C\CCCCCCCCC. The molecule has 1 atom stereocenters. The van der Waals surface area contributed by atoms with E-state index in [9.17, 15) is 14.4 Å². The minimum Gasteiger partial charge on any atom is -0.462 e. The van der Waals surface area contributed by atoms with Crippen molar-refractivity contribution in [1.29, 1.82) is 0 Å². The van der Waals surface area contributed by atoms with E-state index in [0.29, 0.717) is 19.3 Å². The second kappa shape index (κ2) is 68.8. The highest BCUT2D eigenvalue weighted by molar-refractivity contribution is 5.71. The largest absolute Gasteiger partial charge is 0.462 e. The molecule has 6 nitrogen and oxygen atoms in total. The number of carbonyl (C=O) groups excluding carboxylic acids is 3. The van der Waals surface area contributed by atoms with Gasteiger partial charge in [-0.15, -0.1) is 0 Å². The van der Waals surface area contributed by atoms with Crippen LogP contribution in [0.3, 0.4) is 0 Å². The van der Waals surface area contributed by atoms with E-state index in [2.05, 4.69) is 118 Å². The number of allylic oxidation sites excluding steroid dienone is 16. The van der Waals surface area contributed by atoms with Gasteiger partial charge in [-0.3, -0.25) is 14.4 Å². The van der Waals surface area contributed by atoms with E-state index in [1.165, 1.54) is 193 Å². The molecule has 0 bridgehead atoms. The molecule has 0 saturated heterocycles. The summed E-state index contributed by atoms with van der Waals surface area (Å²) in [6, 6.07) is 0. The number of esters is 3. The molecular weight excluding hydrogens is 997 g/mol. The van der Waals surface area contributed by atoms with Crippen LogP contribution in [0.25, 0.3) is 0 Å². The fourth-order valence-corrected chi connectivity index (χ4v) is 9.89. The summed E-state index contributed by atoms with van der Waals surface area (Å²) in [6.07, 6.45) is 92.8. The van der Waals surface area contributed by atoms with Crippen LogP contribution < -0.4 is 0 Å². The molecule has 0 heterocycles. The maximum Gasteiger partial charge on any atom is 0.306 e. The van der Waals surface area contributed by atoms with E-state index >= 15 is 0 Å². The Morgan fingerprint density at radius 1 is 0.259 bits per heavy atom. The van der Waals surface area contributed by atoms with Gasteiger partial charge in [0, 0.05) is 19.3 Å². The predicted octanol–water partition coefficient (Wildman–Crippen LogP) is 24.0. The molecule has 0 aromatic heterocycles. The molecule has 0 aromatic rings. The van der Waals surface area contributed by atoms with Crippen LogP contribution in [0.1, 0.15) is 342 Å². The van der Waals surface area contributed by atoms with Gasteiger partial charge in [-0.25, -0.2) is 0 Å². The van der Waals surface area contributed by atoms with E-state index in [-0.39, 0.29) is 31.1 Å². The van der Waals surface area contributed by atoms with Crippen molar-refractivity contribution in [3.05, 3.63) is 97.2 Å². The summed E-state index contributed by atoms with van der Waals surface area (Å²) in [5.74, 6) is -0.871. The lowest BCUT2D eigenvalue weighted by atomic mass is 10.0. The van der Waals surface area contributed by atoms with Gasteiger partial charge in [-0.2, -0.15) is 0 Å². The highest BCUT2D eigenvalue weighted by atomic mass is 16.6. The van der Waals surface area contributed by atoms with E-state index < -0.39 is 6.10 Å². The van der Waals surface area contributed by atoms with Crippen LogP contribution in [-0.2, 0) is 28.6 Å². The third-order valence-corrected chi connectivity index (χ3v) is 15.1. The van der Waals surface area contributed by atoms with E-state index in [1.807, 2.05) is 0 Å². The lowest BCUT2D eigenvalue weighted by Crippen LogP contribution is -2.30. The first kappa shape index (κ1) is 77.3. The van der Waals surface area contributed by atoms with Crippen molar-refractivity contribution in [3.63, 3.8) is 0 Å². The quantitative estimate of drug-likeness (QED) is 0.0261. The summed E-state index contributed by atoms with van der Waals surface area (Å²) in [7, 11) is 0. The first-order valence-electron chi connectivity index (χ1n) is 34.7. The lowest BCUT2D eigenvalue weighted by Gasteiger charge is -2.18. The normalized spacial score (nSPS) is 12.7. The number of hydrogen-bond acceptors (Lipinski definition) is 6. The molecule has 0 rings (SSSR count). The van der Waals surface area contributed by atoms with Crippen molar-refractivity contribution in [1.82, 2.24) is 0 Å². The number of carbonyl (C=O) groups is 3. The van der Waals surface area contributed by atoms with E-state index in [4.69, 9.17) is 14.2 Å². The Bertz CT molecular complexity index is 1580. The smallest absolute Gasteiger partial charge is 0.306 e. The van der Waals surface area contributed by atoms with Gasteiger partial charge < -0.3 is 14.2 Å². The van der Waals surface area contributed by atoms with Gasteiger partial charge >= 0.3 is 17.9 Å². The molecule has 0 aliphatic heterocycles. The molecule has 466 valence electrons. The zero-order valence-corrected chi connectivity index (χ0v) is 53.5. The van der Waals surface area contributed by atoms with Gasteiger partial charge in [0.2, 0.25) is 0 Å². The molecule has 1 unspecified atom stereocenters. The van der Waals surface area contributed by atoms with Crippen LogP contribution in [-0.4, -0.2) is 37.2 Å². The van der Waals surface area contributed by atoms with Crippen LogP contribution >= 0.6 is 0 Å². The van der Waals surface area contributed by atoms with Gasteiger partial charge in [0.15, 0.2) is 6.10 Å². The van der Waals surface area contributed by atoms with Crippen molar-refractivity contribution >= 4 is 17.9 Å². The zero-order valence-electron chi connectivity index (χ0n) is 53.5. The van der Waals surface area contributed by atoms with Gasteiger partial charge in [0.05, 0.1) is 0 Å². The summed E-state index contributed by atoms with van der Waals surface area (Å²) < 4.78 is 17.0. The van der Waals surface area contributed by atoms with Crippen LogP contribution in [0.4, 0.5) is 0 Å². The fourth-order valence-electron chi connectivity index (χ4n) is 9.89. The van der Waals surface area contributed by atoms with E-state index in [0.717, 1.165) is 109 Å². The zero-order chi connectivity index (χ0) is 58.5. The van der Waals surface area contributed by atoms with Gasteiger partial charge in [0.1, 0.15) is 13.2 Å². The molecule has 81 heavy (non-hydrogen) atoms. The molecule has 0 aliphatic rings. The molecule has 0 aliphatic carbocycles. The number of hydrogen-bond donors (Lipinski definition) is 0. The second-order valence-corrected chi connectivity index (χ2v) is 23.1. The molecule has 0 N–H and O–H groups in total. The lowest BCUT2D eigenvalue weighted by molar-refractivity contribution is -0.167. The van der Waals surface area contributed by atoms with Gasteiger partial charge in [0.25, 0.3) is 0 Å². The minimum atomic E-state index is -0.782. The highest BCUT2D eigenvalue weighted by Gasteiger charge is 2.19. The molecule has 0 radical (unpaired) electrons. The Morgan fingerprint density at radius 2 is 0.481 bits per heavy atom. The van der Waals surface area contributed by atoms with Crippen molar-refractivity contribution in [2.75, 3.05) is 13.2 Å². The van der Waals surface area contributed by atoms with Crippen LogP contribution in [0.5, 0.6) is 0 Å². The van der Waals surface area contributed by atoms with Crippen molar-refractivity contribution in [2.45, 2.75) is 348 Å². The summed E-state index contributed by atoms with van der Waals surface area (Å²) in [6.45, 7) is 6.56. The molecule has 0 fully saturated rings. The third kappa shape index (κ3) is 67.0. The summed E-state index contributed by atoms with van der Waals surface area (Å²) >= 11 is 0. The Kier molecular flexibility index (Phi) is 65.7. The number of unbranched alkanes of at least 4 members (excludes halogenated alkanes) is 36. The maximum absolute atomic E-state index is 12.9. The summed E-state index contributed by atoms with van der Waals surface area (Å²) in [5, 5.41) is 0. The average molecular weight is 1130 g/mol. The van der Waals surface area contributed by atoms with E-state index in [1.54, 1.807) is 0 Å². The molecule has 0 amide bonds. The minimum absolute atomic E-state index is 0.0768. The van der Waals surface area contributed by atoms with Crippen LogP contribution in [0.15, 0.2) is 97.2 Å². The van der Waals surface area contributed by atoms with Crippen LogP contribution in [0.2, 0.25) is 0 Å². The monoisotopic (exact) mass is 1130 g/mol. The topological polar surface area (TPSA) is 78.9 Å². The highest BCUT2D eigenvalue weighted by Crippen LogP contribution is 2.17. The number of rotatable bonds is 63. The Morgan fingerprint density at radius 3 is 0.765 bits per heavy atom. The molecule has 0 saturated carbocycles. The first-order valence-corrected chi connectivity index (χ1v) is 34.7. The Balaban J connectivity index is 4.29. The van der Waals surface area contributed by atoms with Crippen LogP contribution in [0, 0.1) is 0 Å². The summed E-state index contributed by atoms with van der Waals surface area (Å²) in [5.41, 5.74) is 0. The molecule has 0 spiro atoms.